The molecule has 4 N–H and O–H groups in total. The summed E-state index contributed by atoms with van der Waals surface area (Å²) in [5.74, 6) is -2.73. The van der Waals surface area contributed by atoms with Gasteiger partial charge in [0.05, 0.1) is 12.1 Å². The van der Waals surface area contributed by atoms with Crippen LogP contribution in [0.15, 0.2) is 84.9 Å². The second-order valence-electron chi connectivity index (χ2n) is 25.6. The summed E-state index contributed by atoms with van der Waals surface area (Å²) in [6, 6.07) is 22.8. The molecule has 17 heteroatoms. The van der Waals surface area contributed by atoms with E-state index in [1.807, 2.05) is 122 Å². The third kappa shape index (κ3) is 15.6. The van der Waals surface area contributed by atoms with Gasteiger partial charge < -0.3 is 45.8 Å². The van der Waals surface area contributed by atoms with Crippen molar-refractivity contribution in [1.82, 2.24) is 45.8 Å². The first-order valence-corrected chi connectivity index (χ1v) is 30.2. The molecule has 3 saturated heterocycles. The number of hydrogen-bond acceptors (Lipinski definition) is 10. The van der Waals surface area contributed by atoms with E-state index >= 15 is 4.79 Å². The zero-order chi connectivity index (χ0) is 59.5. The molecule has 17 nitrogen and oxygen atoms in total. The Morgan fingerprint density at radius 2 is 0.927 bits per heavy atom. The second-order valence-corrected chi connectivity index (χ2v) is 25.6. The fraction of sp³-hybridized carbons (Fsp3) is 0.600. The zero-order valence-corrected chi connectivity index (χ0v) is 50.5. The molecule has 1 unspecified atom stereocenters. The van der Waals surface area contributed by atoms with Crippen LogP contribution in [0.2, 0.25) is 0 Å². The number of likely N-dealkylation sites (tertiary alicyclic amines) is 3. The molecule has 3 aliphatic heterocycles. The lowest BCUT2D eigenvalue weighted by atomic mass is 9.85. The van der Waals surface area contributed by atoms with Gasteiger partial charge in [-0.1, -0.05) is 121 Å². The molecule has 3 heterocycles. The molecular formula is C65H93N9O8. The maximum Gasteiger partial charge on any atom is 0.254 e. The average Bonchev–Trinajstić information content (AvgIpc) is 4.37. The van der Waals surface area contributed by atoms with Gasteiger partial charge in [0, 0.05) is 80.9 Å². The molecule has 4 fully saturated rings. The Morgan fingerprint density at radius 3 is 1.38 bits per heavy atom. The van der Waals surface area contributed by atoms with Gasteiger partial charge in [-0.2, -0.15) is 0 Å². The van der Waals surface area contributed by atoms with Gasteiger partial charge in [-0.15, -0.1) is 0 Å². The molecule has 7 amide bonds. The van der Waals surface area contributed by atoms with Gasteiger partial charge in [0.1, 0.15) is 18.1 Å². The summed E-state index contributed by atoms with van der Waals surface area (Å²) < 4.78 is 0. The number of benzene rings is 3. The first-order chi connectivity index (χ1) is 39.0. The van der Waals surface area contributed by atoms with Crippen LogP contribution in [0, 0.1) is 22.7 Å². The van der Waals surface area contributed by atoms with Gasteiger partial charge in [-0.25, -0.2) is 0 Å². The van der Waals surface area contributed by atoms with Gasteiger partial charge in [0.2, 0.25) is 35.4 Å². The topological polar surface area (TPSA) is 201 Å². The number of Topliss-reactive ketones (excluding diaryl/α,β-unsaturated/α-hetero) is 1. The van der Waals surface area contributed by atoms with Crippen molar-refractivity contribution in [1.29, 1.82) is 0 Å². The number of nitrogens with zero attached hydrogens (tertiary/aromatic N) is 5. The molecule has 1 aliphatic carbocycles. The number of ketones is 1. The highest BCUT2D eigenvalue weighted by atomic mass is 16.2. The monoisotopic (exact) mass is 1130 g/mol. The van der Waals surface area contributed by atoms with E-state index in [2.05, 4.69) is 21.3 Å². The summed E-state index contributed by atoms with van der Waals surface area (Å²) in [4.78, 5) is 123. The quantitative estimate of drug-likeness (QED) is 0.0783. The van der Waals surface area contributed by atoms with Crippen LogP contribution in [0.3, 0.4) is 0 Å². The fourth-order valence-corrected chi connectivity index (χ4v) is 12.4. The number of nitrogens with one attached hydrogen (secondary N) is 4. The largest absolute Gasteiger partial charge is 0.342 e. The average molecular weight is 1130 g/mol. The Balaban J connectivity index is 1.05. The molecule has 3 aromatic rings. The van der Waals surface area contributed by atoms with E-state index in [-0.39, 0.29) is 65.8 Å². The number of hydrogen-bond donors (Lipinski definition) is 4. The highest BCUT2D eigenvalue weighted by molar-refractivity contribution is 6.03. The van der Waals surface area contributed by atoms with Crippen molar-refractivity contribution < 1.29 is 38.4 Å². The summed E-state index contributed by atoms with van der Waals surface area (Å²) in [7, 11) is 3.41. The number of likely N-dealkylation sites (N-methyl/N-ethyl adjacent to an activating group) is 2. The highest BCUT2D eigenvalue weighted by Crippen LogP contribution is 2.37. The van der Waals surface area contributed by atoms with E-state index in [1.165, 1.54) is 0 Å². The van der Waals surface area contributed by atoms with Crippen LogP contribution in [-0.2, 0) is 41.6 Å². The first kappa shape index (κ1) is 63.1. The van der Waals surface area contributed by atoms with E-state index < -0.39 is 52.9 Å². The molecule has 0 spiro atoms. The Kier molecular flexibility index (Phi) is 21.7. The van der Waals surface area contributed by atoms with E-state index in [0.29, 0.717) is 108 Å². The van der Waals surface area contributed by atoms with Gasteiger partial charge >= 0.3 is 0 Å². The maximum atomic E-state index is 15.0. The Hall–Kier alpha value is -6.46. The Labute approximate surface area is 487 Å². The van der Waals surface area contributed by atoms with Crippen LogP contribution in [0.25, 0.3) is 0 Å². The summed E-state index contributed by atoms with van der Waals surface area (Å²) in [6.07, 6.45) is 7.03. The lowest BCUT2D eigenvalue weighted by Gasteiger charge is -2.38. The molecule has 4 aliphatic rings. The molecule has 0 aromatic heterocycles. The van der Waals surface area contributed by atoms with Crippen LogP contribution >= 0.6 is 0 Å². The van der Waals surface area contributed by atoms with Crippen LogP contribution in [0.5, 0.6) is 0 Å². The molecule has 7 rings (SSSR count). The summed E-state index contributed by atoms with van der Waals surface area (Å²) >= 11 is 0. The highest BCUT2D eigenvalue weighted by Gasteiger charge is 2.46. The first-order valence-electron chi connectivity index (χ1n) is 30.2. The molecule has 0 bridgehead atoms. The minimum atomic E-state index is -0.779. The Morgan fingerprint density at radius 1 is 0.512 bits per heavy atom. The minimum Gasteiger partial charge on any atom is -0.342 e. The number of carbonyl (C=O) groups excluding carboxylic acids is 8. The third-order valence-corrected chi connectivity index (χ3v) is 17.7. The lowest BCUT2D eigenvalue weighted by molar-refractivity contribution is -0.143. The third-order valence-electron chi connectivity index (χ3n) is 17.7. The number of rotatable bonds is 23. The molecule has 82 heavy (non-hydrogen) atoms. The molecule has 446 valence electrons. The SMILES string of the molecule is CN[C@@H](C)C(=O)N[C@H](C(=O)N1CCC[C@H]1CN(CCc1ccccc1)C(=O)[C@@H]1CCCC1C(=O)c1ccc(C(=O)N2CCC[C@H]2C(=O)N(CCc2ccccc2)C[C@@H]2CCCN2C(=O)[C@@H](NC(=O)[C@H](C)NC)C(C)(C)C)cc1)C(C)(C)C. The van der Waals surface area contributed by atoms with Crippen molar-refractivity contribution in [3.63, 3.8) is 0 Å². The molecule has 9 atom stereocenters. The zero-order valence-electron chi connectivity index (χ0n) is 50.5. The molecule has 3 aromatic carbocycles. The Bertz CT molecular complexity index is 2510. The maximum absolute atomic E-state index is 15.0. The van der Waals surface area contributed by atoms with Gasteiger partial charge in [-0.05, 0) is 126 Å². The molecular weight excluding hydrogens is 1030 g/mol. The van der Waals surface area contributed by atoms with E-state index in [9.17, 15) is 33.6 Å². The predicted octanol–water partition coefficient (Wildman–Crippen LogP) is 6.29. The van der Waals surface area contributed by atoms with Gasteiger partial charge in [-0.3, -0.25) is 38.4 Å². The molecule has 0 radical (unpaired) electrons. The number of carbonyl (C=O) groups is 8. The van der Waals surface area contributed by atoms with Crippen LogP contribution in [0.1, 0.15) is 145 Å². The van der Waals surface area contributed by atoms with Gasteiger partial charge in [0.15, 0.2) is 5.78 Å². The van der Waals surface area contributed by atoms with E-state index in [1.54, 1.807) is 57.1 Å². The normalized spacial score (nSPS) is 21.6. The predicted molar refractivity (Wildman–Crippen MR) is 318 cm³/mol. The van der Waals surface area contributed by atoms with E-state index in [4.69, 9.17) is 0 Å². The molecule has 1 saturated carbocycles. The van der Waals surface area contributed by atoms with Crippen molar-refractivity contribution in [3.8, 4) is 0 Å². The smallest absolute Gasteiger partial charge is 0.254 e. The summed E-state index contributed by atoms with van der Waals surface area (Å²) in [5, 5.41) is 11.9. The van der Waals surface area contributed by atoms with E-state index in [0.717, 1.165) is 24.0 Å². The van der Waals surface area contributed by atoms with Gasteiger partial charge in [0.25, 0.3) is 5.91 Å². The second kappa shape index (κ2) is 28.2. The van der Waals surface area contributed by atoms with Crippen molar-refractivity contribution in [2.24, 2.45) is 22.7 Å². The van der Waals surface area contributed by atoms with Crippen LogP contribution in [0.4, 0.5) is 0 Å². The van der Waals surface area contributed by atoms with Crippen molar-refractivity contribution >= 4 is 47.1 Å². The van der Waals surface area contributed by atoms with Crippen molar-refractivity contribution in [3.05, 3.63) is 107 Å². The van der Waals surface area contributed by atoms with Crippen molar-refractivity contribution in [2.75, 3.05) is 59.9 Å². The number of amides is 7. The van der Waals surface area contributed by atoms with Crippen molar-refractivity contribution in [2.45, 2.75) is 168 Å². The lowest BCUT2D eigenvalue weighted by Crippen LogP contribution is -2.59. The minimum absolute atomic E-state index is 0.103. The van der Waals surface area contributed by atoms with Crippen LogP contribution in [-0.4, -0.2) is 174 Å². The fourth-order valence-electron chi connectivity index (χ4n) is 12.4. The van der Waals surface area contributed by atoms with Crippen LogP contribution < -0.4 is 21.3 Å². The standard InChI is InChI=1S/C65H93N9O8/c1-43(66-9)57(76)68-55(64(3,4)5)62(81)72-36-18-25-49(72)41-70(39-34-45-21-13-11-14-22-45)60(79)52-28-17-27-51(52)54(75)47-30-32-48(33-31-47)59(78)74-38-20-29-53(74)61(80)71(40-35-46-23-15-12-16-24-46)42-50-26-19-37-73(50)63(82)56(65(6,7)8)69-58(77)44(2)67-10/h11-16,21-24,30-33,43-44,49-53,55-56,66-67H,17-20,25-29,34-42H2,1-10H3,(H,68,76)(H,69,77)/t43-,44-,49-,50-,51?,52+,53-,55+,56+/m0/s1. The summed E-state index contributed by atoms with van der Waals surface area (Å²) in [6.45, 7) is 17.9. The summed E-state index contributed by atoms with van der Waals surface area (Å²) in [5.41, 5.74) is 1.75.